The maximum atomic E-state index is 13.0. The third-order valence-electron chi connectivity index (χ3n) is 2.15. The zero-order valence-electron chi connectivity index (χ0n) is 7.93. The van der Waals surface area contributed by atoms with E-state index in [1.807, 2.05) is 0 Å². The van der Waals surface area contributed by atoms with E-state index in [9.17, 15) is 9.50 Å². The van der Waals surface area contributed by atoms with Gasteiger partial charge in [-0.3, -0.25) is 0 Å². The van der Waals surface area contributed by atoms with Crippen LogP contribution in [0.1, 0.15) is 23.7 Å². The summed E-state index contributed by atoms with van der Waals surface area (Å²) in [4.78, 5) is 0. The van der Waals surface area contributed by atoms with Gasteiger partial charge in [0.15, 0.2) is 0 Å². The molecule has 0 heterocycles. The second kappa shape index (κ2) is 4.73. The van der Waals surface area contributed by atoms with Crippen LogP contribution in [0.15, 0.2) is 12.1 Å². The van der Waals surface area contributed by atoms with Crippen LogP contribution in [0.5, 0.6) is 0 Å². The van der Waals surface area contributed by atoms with Crippen LogP contribution in [0.2, 0.25) is 5.02 Å². The molecule has 1 aromatic rings. The zero-order chi connectivity index (χ0) is 10.7. The van der Waals surface area contributed by atoms with Crippen LogP contribution in [-0.2, 0) is 0 Å². The molecule has 14 heavy (non-hydrogen) atoms. The van der Waals surface area contributed by atoms with Gasteiger partial charge in [0.05, 0.1) is 6.10 Å². The van der Waals surface area contributed by atoms with Gasteiger partial charge < -0.3 is 10.8 Å². The molecule has 0 aromatic heterocycles. The fourth-order valence-corrected chi connectivity index (χ4v) is 1.54. The van der Waals surface area contributed by atoms with Crippen molar-refractivity contribution in [1.82, 2.24) is 0 Å². The Hall–Kier alpha value is -0.640. The van der Waals surface area contributed by atoms with Crippen molar-refractivity contribution in [2.24, 2.45) is 5.73 Å². The third-order valence-corrected chi connectivity index (χ3v) is 2.54. The van der Waals surface area contributed by atoms with Crippen LogP contribution in [0.4, 0.5) is 4.39 Å². The minimum atomic E-state index is -0.742. The van der Waals surface area contributed by atoms with E-state index in [0.717, 1.165) is 0 Å². The maximum Gasteiger partial charge on any atom is 0.125 e. The molecule has 0 spiro atoms. The van der Waals surface area contributed by atoms with Gasteiger partial charge in [0, 0.05) is 5.02 Å². The molecule has 4 heteroatoms. The van der Waals surface area contributed by atoms with Gasteiger partial charge in [0.2, 0.25) is 0 Å². The van der Waals surface area contributed by atoms with E-state index in [-0.39, 0.29) is 0 Å². The first-order valence-corrected chi connectivity index (χ1v) is 4.77. The van der Waals surface area contributed by atoms with Gasteiger partial charge in [-0.25, -0.2) is 4.39 Å². The molecule has 78 valence electrons. The van der Waals surface area contributed by atoms with E-state index >= 15 is 0 Å². The number of nitrogens with two attached hydrogens (primary N) is 1. The Kier molecular flexibility index (Phi) is 3.86. The average Bonchev–Trinajstić information content (AvgIpc) is 2.11. The Labute approximate surface area is 87.5 Å². The van der Waals surface area contributed by atoms with Gasteiger partial charge in [-0.15, -0.1) is 0 Å². The Bertz CT molecular complexity index is 330. The van der Waals surface area contributed by atoms with Crippen molar-refractivity contribution in [3.63, 3.8) is 0 Å². The van der Waals surface area contributed by atoms with Crippen molar-refractivity contribution in [1.29, 1.82) is 0 Å². The molecule has 0 amide bonds. The van der Waals surface area contributed by atoms with Crippen molar-refractivity contribution < 1.29 is 9.50 Å². The largest absolute Gasteiger partial charge is 0.388 e. The number of aliphatic hydroxyl groups excluding tert-OH is 1. The second-order valence-corrected chi connectivity index (χ2v) is 3.60. The molecule has 0 bridgehead atoms. The lowest BCUT2D eigenvalue weighted by atomic mass is 10.0. The number of aliphatic hydroxyl groups is 1. The van der Waals surface area contributed by atoms with Gasteiger partial charge in [-0.1, -0.05) is 11.6 Å². The van der Waals surface area contributed by atoms with E-state index in [0.29, 0.717) is 29.1 Å². The molecule has 1 atom stereocenters. The van der Waals surface area contributed by atoms with E-state index in [2.05, 4.69) is 0 Å². The van der Waals surface area contributed by atoms with Gasteiger partial charge in [-0.2, -0.15) is 0 Å². The summed E-state index contributed by atoms with van der Waals surface area (Å²) in [6, 6.07) is 2.52. The standard InChI is InChI=1S/C10H13ClFNO/c1-6-8(10(14)2-3-13)4-7(12)5-9(6)11/h4-5,10,14H,2-3,13H2,1H3. The van der Waals surface area contributed by atoms with Gasteiger partial charge >= 0.3 is 0 Å². The first kappa shape index (κ1) is 11.4. The molecule has 0 fully saturated rings. The monoisotopic (exact) mass is 217 g/mol. The van der Waals surface area contributed by atoms with Crippen LogP contribution in [0, 0.1) is 12.7 Å². The lowest BCUT2D eigenvalue weighted by molar-refractivity contribution is 0.169. The topological polar surface area (TPSA) is 46.2 Å². The lowest BCUT2D eigenvalue weighted by Crippen LogP contribution is -2.08. The minimum Gasteiger partial charge on any atom is -0.388 e. The number of halogens is 2. The Balaban J connectivity index is 3.07. The van der Waals surface area contributed by atoms with Crippen LogP contribution in [0.25, 0.3) is 0 Å². The first-order valence-electron chi connectivity index (χ1n) is 4.40. The number of hydrogen-bond donors (Lipinski definition) is 2. The Morgan fingerprint density at radius 1 is 1.57 bits per heavy atom. The van der Waals surface area contributed by atoms with Crippen LogP contribution >= 0.6 is 11.6 Å². The molecule has 0 saturated carbocycles. The van der Waals surface area contributed by atoms with E-state index < -0.39 is 11.9 Å². The highest BCUT2D eigenvalue weighted by Crippen LogP contribution is 2.27. The van der Waals surface area contributed by atoms with E-state index in [4.69, 9.17) is 17.3 Å². The van der Waals surface area contributed by atoms with E-state index in [1.54, 1.807) is 6.92 Å². The van der Waals surface area contributed by atoms with Crippen molar-refractivity contribution in [2.45, 2.75) is 19.4 Å². The fourth-order valence-electron chi connectivity index (χ4n) is 1.33. The van der Waals surface area contributed by atoms with Crippen LogP contribution in [0.3, 0.4) is 0 Å². The van der Waals surface area contributed by atoms with Crippen molar-refractivity contribution >= 4 is 11.6 Å². The van der Waals surface area contributed by atoms with Gasteiger partial charge in [0.1, 0.15) is 5.82 Å². The first-order chi connectivity index (χ1) is 6.56. The molecule has 0 aliphatic rings. The maximum absolute atomic E-state index is 13.0. The Morgan fingerprint density at radius 3 is 2.79 bits per heavy atom. The normalized spacial score (nSPS) is 12.9. The van der Waals surface area contributed by atoms with Crippen molar-refractivity contribution in [3.05, 3.63) is 34.1 Å². The predicted molar refractivity (Wildman–Crippen MR) is 54.8 cm³/mol. The summed E-state index contributed by atoms with van der Waals surface area (Å²) in [5.74, 6) is -0.438. The summed E-state index contributed by atoms with van der Waals surface area (Å²) in [6.07, 6.45) is -0.339. The summed E-state index contributed by atoms with van der Waals surface area (Å²) in [5.41, 5.74) is 6.52. The summed E-state index contributed by atoms with van der Waals surface area (Å²) in [7, 11) is 0. The smallest absolute Gasteiger partial charge is 0.125 e. The van der Waals surface area contributed by atoms with Crippen molar-refractivity contribution in [2.75, 3.05) is 6.54 Å². The number of hydrogen-bond acceptors (Lipinski definition) is 2. The fraction of sp³-hybridized carbons (Fsp3) is 0.400. The predicted octanol–water partition coefficient (Wildman–Crippen LogP) is 2.17. The minimum absolute atomic E-state index is 0.330. The highest BCUT2D eigenvalue weighted by molar-refractivity contribution is 6.31. The highest BCUT2D eigenvalue weighted by atomic mass is 35.5. The van der Waals surface area contributed by atoms with Gasteiger partial charge in [0.25, 0.3) is 0 Å². The van der Waals surface area contributed by atoms with Crippen LogP contribution in [-0.4, -0.2) is 11.7 Å². The molecule has 0 saturated heterocycles. The average molecular weight is 218 g/mol. The summed E-state index contributed by atoms with van der Waals surface area (Å²) in [5, 5.41) is 9.97. The van der Waals surface area contributed by atoms with Crippen molar-refractivity contribution in [3.8, 4) is 0 Å². The molecule has 1 rings (SSSR count). The molecule has 1 aromatic carbocycles. The lowest BCUT2D eigenvalue weighted by Gasteiger charge is -2.13. The molecular formula is C10H13ClFNO. The molecule has 3 N–H and O–H groups in total. The zero-order valence-corrected chi connectivity index (χ0v) is 8.68. The molecule has 1 unspecified atom stereocenters. The summed E-state index contributed by atoms with van der Waals surface area (Å²) < 4.78 is 13.0. The molecule has 2 nitrogen and oxygen atoms in total. The van der Waals surface area contributed by atoms with Crippen LogP contribution < -0.4 is 5.73 Å². The summed E-state index contributed by atoms with van der Waals surface area (Å²) >= 11 is 5.78. The van der Waals surface area contributed by atoms with E-state index in [1.165, 1.54) is 12.1 Å². The number of rotatable bonds is 3. The highest BCUT2D eigenvalue weighted by Gasteiger charge is 2.13. The Morgan fingerprint density at radius 2 is 2.21 bits per heavy atom. The summed E-state index contributed by atoms with van der Waals surface area (Å²) in [6.45, 7) is 2.10. The second-order valence-electron chi connectivity index (χ2n) is 3.19. The SMILES string of the molecule is Cc1c(Cl)cc(F)cc1C(O)CCN. The molecule has 0 radical (unpaired) electrons. The molecular weight excluding hydrogens is 205 g/mol. The van der Waals surface area contributed by atoms with Gasteiger partial charge in [-0.05, 0) is 43.1 Å². The number of benzene rings is 1. The molecule has 0 aliphatic heterocycles. The quantitative estimate of drug-likeness (QED) is 0.815. The third kappa shape index (κ3) is 2.44. The molecule has 0 aliphatic carbocycles.